The average molecular weight is 399 g/mol. The van der Waals surface area contributed by atoms with Gasteiger partial charge in [0.15, 0.2) is 0 Å². The molecule has 0 saturated carbocycles. The number of nitrogens with zero attached hydrogens (tertiary/aromatic N) is 3. The van der Waals surface area contributed by atoms with E-state index in [0.29, 0.717) is 0 Å². The minimum atomic E-state index is -0.959. The van der Waals surface area contributed by atoms with Crippen molar-refractivity contribution < 1.29 is 19.1 Å². The number of thioether (sulfide) groups is 1. The molecule has 146 valence electrons. The van der Waals surface area contributed by atoms with Crippen molar-refractivity contribution in [1.29, 1.82) is 0 Å². The van der Waals surface area contributed by atoms with Gasteiger partial charge in [-0.3, -0.25) is 14.5 Å². The first-order chi connectivity index (χ1) is 13.3. The van der Waals surface area contributed by atoms with Crippen molar-refractivity contribution in [2.75, 3.05) is 6.61 Å². The number of amides is 2. The van der Waals surface area contributed by atoms with E-state index in [4.69, 9.17) is 4.74 Å². The van der Waals surface area contributed by atoms with Crippen LogP contribution in [0.5, 0.6) is 0 Å². The van der Waals surface area contributed by atoms with Crippen LogP contribution in [0.3, 0.4) is 0 Å². The lowest BCUT2D eigenvalue weighted by Crippen LogP contribution is -2.42. The van der Waals surface area contributed by atoms with Crippen LogP contribution in [0.2, 0.25) is 0 Å². The van der Waals surface area contributed by atoms with E-state index in [0.717, 1.165) is 39.4 Å². The van der Waals surface area contributed by atoms with Gasteiger partial charge >= 0.3 is 5.97 Å². The second-order valence-electron chi connectivity index (χ2n) is 6.33. The zero-order valence-electron chi connectivity index (χ0n) is 16.1. The number of aryl methyl sites for hydroxylation is 1. The van der Waals surface area contributed by atoms with Gasteiger partial charge < -0.3 is 9.30 Å². The lowest BCUT2D eigenvalue weighted by Gasteiger charge is -2.19. The molecule has 7 nitrogen and oxygen atoms in total. The van der Waals surface area contributed by atoms with E-state index >= 15 is 0 Å². The molecule has 2 aromatic rings. The van der Waals surface area contributed by atoms with Crippen LogP contribution in [0.1, 0.15) is 30.8 Å². The van der Waals surface area contributed by atoms with Crippen molar-refractivity contribution in [3.05, 3.63) is 52.3 Å². The third-order valence-corrected chi connectivity index (χ3v) is 5.36. The Morgan fingerprint density at radius 3 is 2.71 bits per heavy atom. The normalized spacial score (nSPS) is 16.7. The Morgan fingerprint density at radius 1 is 1.32 bits per heavy atom. The van der Waals surface area contributed by atoms with Gasteiger partial charge in [-0.25, -0.2) is 9.78 Å². The zero-order chi connectivity index (χ0) is 20.4. The fourth-order valence-corrected chi connectivity index (χ4v) is 3.99. The molecule has 8 heteroatoms. The number of ether oxygens (including phenoxy) is 1. The standard InChI is InChI=1S/C20H21N3O4S/c1-5-27-19(25)14(4)23-18(24)16(28-20(23)26)11-15-10-12(2)22(13(15)3)17-8-6-7-9-21-17/h6-11,14H,5H2,1-4H3/b16-11-/t14-/m1/s1. The quantitative estimate of drug-likeness (QED) is 0.566. The molecule has 1 fully saturated rings. The molecule has 2 amide bonds. The predicted molar refractivity (Wildman–Crippen MR) is 107 cm³/mol. The molecule has 3 rings (SSSR count). The van der Waals surface area contributed by atoms with Crippen LogP contribution in [0.25, 0.3) is 11.9 Å². The van der Waals surface area contributed by atoms with Crippen molar-refractivity contribution in [3.8, 4) is 5.82 Å². The summed E-state index contributed by atoms with van der Waals surface area (Å²) < 4.78 is 6.91. The average Bonchev–Trinajstić information content (AvgIpc) is 3.10. The highest BCUT2D eigenvalue weighted by molar-refractivity contribution is 8.18. The fraction of sp³-hybridized carbons (Fsp3) is 0.300. The van der Waals surface area contributed by atoms with Crippen LogP contribution >= 0.6 is 11.8 Å². The van der Waals surface area contributed by atoms with E-state index in [2.05, 4.69) is 4.98 Å². The van der Waals surface area contributed by atoms with Crippen molar-refractivity contribution in [3.63, 3.8) is 0 Å². The maximum absolute atomic E-state index is 12.7. The van der Waals surface area contributed by atoms with Gasteiger partial charge in [0.05, 0.1) is 11.5 Å². The molecule has 0 aromatic carbocycles. The van der Waals surface area contributed by atoms with Gasteiger partial charge in [0.2, 0.25) is 0 Å². The monoisotopic (exact) mass is 399 g/mol. The third-order valence-electron chi connectivity index (χ3n) is 4.47. The maximum atomic E-state index is 12.7. The summed E-state index contributed by atoms with van der Waals surface area (Å²) in [4.78, 5) is 42.6. The molecule has 1 saturated heterocycles. The van der Waals surface area contributed by atoms with E-state index in [1.165, 1.54) is 6.92 Å². The Morgan fingerprint density at radius 2 is 2.07 bits per heavy atom. The molecule has 1 aliphatic heterocycles. The molecule has 0 aliphatic carbocycles. The summed E-state index contributed by atoms with van der Waals surface area (Å²) in [5.41, 5.74) is 2.68. The Kier molecular flexibility index (Phi) is 5.69. The Balaban J connectivity index is 1.92. The SMILES string of the molecule is CCOC(=O)[C@@H](C)N1C(=O)S/C(=C\c2cc(C)n(-c3ccccn3)c2C)C1=O. The second kappa shape index (κ2) is 8.02. The zero-order valence-corrected chi connectivity index (χ0v) is 16.9. The lowest BCUT2D eigenvalue weighted by atomic mass is 10.2. The number of imide groups is 1. The Bertz CT molecular complexity index is 965. The molecule has 3 heterocycles. The van der Waals surface area contributed by atoms with Crippen LogP contribution in [0.15, 0.2) is 35.4 Å². The van der Waals surface area contributed by atoms with Gasteiger partial charge in [0, 0.05) is 17.6 Å². The molecular formula is C20H21N3O4S. The van der Waals surface area contributed by atoms with Gasteiger partial charge in [-0.1, -0.05) is 6.07 Å². The largest absolute Gasteiger partial charge is 0.464 e. The highest BCUT2D eigenvalue weighted by Crippen LogP contribution is 2.35. The number of rotatable bonds is 5. The summed E-state index contributed by atoms with van der Waals surface area (Å²) in [5.74, 6) is -0.307. The molecule has 28 heavy (non-hydrogen) atoms. The second-order valence-corrected chi connectivity index (χ2v) is 7.32. The van der Waals surface area contributed by atoms with Crippen LogP contribution in [-0.2, 0) is 14.3 Å². The van der Waals surface area contributed by atoms with Crippen molar-refractivity contribution in [2.45, 2.75) is 33.7 Å². The van der Waals surface area contributed by atoms with Crippen LogP contribution < -0.4 is 0 Å². The van der Waals surface area contributed by atoms with E-state index in [-0.39, 0.29) is 11.5 Å². The summed E-state index contributed by atoms with van der Waals surface area (Å²) in [6, 6.07) is 6.63. The van der Waals surface area contributed by atoms with Gasteiger partial charge in [0.1, 0.15) is 11.9 Å². The minimum absolute atomic E-state index is 0.189. The topological polar surface area (TPSA) is 81.5 Å². The molecule has 0 N–H and O–H groups in total. The lowest BCUT2D eigenvalue weighted by molar-refractivity contribution is -0.150. The van der Waals surface area contributed by atoms with Crippen molar-refractivity contribution >= 4 is 35.0 Å². The number of esters is 1. The molecule has 0 bridgehead atoms. The molecule has 0 radical (unpaired) electrons. The first-order valence-corrected chi connectivity index (χ1v) is 9.70. The van der Waals surface area contributed by atoms with Crippen LogP contribution in [-0.4, -0.2) is 44.2 Å². The fourth-order valence-electron chi connectivity index (χ4n) is 3.10. The van der Waals surface area contributed by atoms with Crippen molar-refractivity contribution in [2.24, 2.45) is 0 Å². The molecular weight excluding hydrogens is 378 g/mol. The molecule has 0 spiro atoms. The van der Waals surface area contributed by atoms with E-state index in [1.54, 1.807) is 19.2 Å². The smallest absolute Gasteiger partial charge is 0.329 e. The van der Waals surface area contributed by atoms with Crippen LogP contribution in [0, 0.1) is 13.8 Å². The molecule has 1 atom stereocenters. The number of aromatic nitrogens is 2. The Labute approximate surface area is 167 Å². The number of carbonyl (C=O) groups is 3. The summed E-state index contributed by atoms with van der Waals surface area (Å²) in [6.45, 7) is 7.24. The van der Waals surface area contributed by atoms with Crippen LogP contribution in [0.4, 0.5) is 4.79 Å². The van der Waals surface area contributed by atoms with Gasteiger partial charge in [-0.05, 0) is 69.3 Å². The summed E-state index contributed by atoms with van der Waals surface area (Å²) in [6.07, 6.45) is 3.40. The predicted octanol–water partition coefficient (Wildman–Crippen LogP) is 3.48. The highest BCUT2D eigenvalue weighted by Gasteiger charge is 2.41. The van der Waals surface area contributed by atoms with Gasteiger partial charge in [-0.15, -0.1) is 0 Å². The summed E-state index contributed by atoms with van der Waals surface area (Å²) >= 11 is 0.826. The minimum Gasteiger partial charge on any atom is -0.464 e. The molecule has 2 aromatic heterocycles. The number of hydrogen-bond donors (Lipinski definition) is 0. The summed E-state index contributed by atoms with van der Waals surface area (Å²) in [5, 5.41) is -0.477. The highest BCUT2D eigenvalue weighted by atomic mass is 32.2. The van der Waals surface area contributed by atoms with Gasteiger partial charge in [0.25, 0.3) is 11.1 Å². The summed E-state index contributed by atoms with van der Waals surface area (Å²) in [7, 11) is 0. The Hall–Kier alpha value is -2.87. The first kappa shape index (κ1) is 19.9. The maximum Gasteiger partial charge on any atom is 0.329 e. The van der Waals surface area contributed by atoms with E-state index in [9.17, 15) is 14.4 Å². The van der Waals surface area contributed by atoms with E-state index < -0.39 is 23.2 Å². The van der Waals surface area contributed by atoms with Gasteiger partial charge in [-0.2, -0.15) is 0 Å². The van der Waals surface area contributed by atoms with Crippen molar-refractivity contribution in [1.82, 2.24) is 14.5 Å². The number of carbonyl (C=O) groups excluding carboxylic acids is 3. The first-order valence-electron chi connectivity index (χ1n) is 8.89. The third kappa shape index (κ3) is 3.60. The van der Waals surface area contributed by atoms with E-state index in [1.807, 2.05) is 42.7 Å². The number of pyridine rings is 1. The number of hydrogen-bond acceptors (Lipinski definition) is 6. The molecule has 1 aliphatic rings. The molecule has 0 unspecified atom stereocenters.